The first-order chi connectivity index (χ1) is 8.44. The van der Waals surface area contributed by atoms with Crippen LogP contribution in [0, 0.1) is 18.3 Å². The van der Waals surface area contributed by atoms with Crippen LogP contribution in [-0.2, 0) is 11.2 Å². The number of amides is 1. The first-order valence-electron chi connectivity index (χ1n) is 6.84. The molecule has 1 unspecified atom stereocenters. The van der Waals surface area contributed by atoms with Gasteiger partial charge in [-0.25, -0.2) is 0 Å². The van der Waals surface area contributed by atoms with Crippen molar-refractivity contribution in [2.24, 2.45) is 11.3 Å². The quantitative estimate of drug-likeness (QED) is 0.872. The van der Waals surface area contributed by atoms with Gasteiger partial charge in [-0.05, 0) is 37.7 Å². The lowest BCUT2D eigenvalue weighted by Gasteiger charge is -2.34. The summed E-state index contributed by atoms with van der Waals surface area (Å²) in [5.74, 6) is 2.50. The molecule has 3 rings (SSSR count). The number of rotatable bonds is 2. The third-order valence-electron chi connectivity index (χ3n) is 4.00. The molecule has 1 atom stereocenters. The van der Waals surface area contributed by atoms with Crippen molar-refractivity contribution in [3.05, 3.63) is 23.2 Å². The van der Waals surface area contributed by atoms with Crippen LogP contribution in [0.1, 0.15) is 56.2 Å². The predicted octanol–water partition coefficient (Wildman–Crippen LogP) is 3.13. The number of hydrogen-bond donors (Lipinski definition) is 1. The molecule has 0 aliphatic heterocycles. The maximum absolute atomic E-state index is 12.0. The topological polar surface area (TPSA) is 42.2 Å². The van der Waals surface area contributed by atoms with Gasteiger partial charge >= 0.3 is 0 Å². The molecule has 0 aromatic carbocycles. The molecule has 0 spiro atoms. The minimum atomic E-state index is 0.134. The van der Waals surface area contributed by atoms with E-state index in [-0.39, 0.29) is 23.3 Å². The molecular formula is C15H21NO2. The summed E-state index contributed by atoms with van der Waals surface area (Å²) in [6, 6.07) is 2.22. The molecular weight excluding hydrogens is 226 g/mol. The van der Waals surface area contributed by atoms with Crippen molar-refractivity contribution in [3.8, 4) is 0 Å². The molecule has 1 N–H and O–H groups in total. The molecule has 3 heteroatoms. The summed E-state index contributed by atoms with van der Waals surface area (Å²) in [6.07, 6.45) is 4.07. The van der Waals surface area contributed by atoms with Gasteiger partial charge in [0, 0.05) is 17.9 Å². The summed E-state index contributed by atoms with van der Waals surface area (Å²) in [4.78, 5) is 12.0. The van der Waals surface area contributed by atoms with Crippen LogP contribution in [0.2, 0.25) is 0 Å². The molecule has 1 saturated carbocycles. The number of furan rings is 1. The molecule has 0 saturated heterocycles. The fourth-order valence-corrected chi connectivity index (χ4v) is 2.95. The average Bonchev–Trinajstić information content (AvgIpc) is 3.01. The normalized spacial score (nSPS) is 25.6. The van der Waals surface area contributed by atoms with Gasteiger partial charge in [-0.3, -0.25) is 4.79 Å². The van der Waals surface area contributed by atoms with Crippen molar-refractivity contribution >= 4 is 5.91 Å². The molecule has 1 aromatic rings. The van der Waals surface area contributed by atoms with Crippen LogP contribution in [0.5, 0.6) is 0 Å². The van der Waals surface area contributed by atoms with Crippen LogP contribution in [0.4, 0.5) is 0 Å². The Morgan fingerprint density at radius 1 is 1.44 bits per heavy atom. The number of fused-ring (bicyclic) bond motifs is 1. The van der Waals surface area contributed by atoms with Gasteiger partial charge in [0.05, 0.1) is 6.04 Å². The van der Waals surface area contributed by atoms with Gasteiger partial charge in [0.2, 0.25) is 5.91 Å². The molecule has 18 heavy (non-hydrogen) atoms. The summed E-state index contributed by atoms with van der Waals surface area (Å²) in [7, 11) is 0. The lowest BCUT2D eigenvalue weighted by atomic mass is 9.74. The van der Waals surface area contributed by atoms with Gasteiger partial charge in [-0.1, -0.05) is 13.8 Å². The van der Waals surface area contributed by atoms with Gasteiger partial charge in [0.15, 0.2) is 0 Å². The zero-order chi connectivity index (χ0) is 12.9. The highest BCUT2D eigenvalue weighted by Crippen LogP contribution is 2.42. The lowest BCUT2D eigenvalue weighted by Crippen LogP contribution is -2.36. The monoisotopic (exact) mass is 247 g/mol. The van der Waals surface area contributed by atoms with Gasteiger partial charge < -0.3 is 9.73 Å². The van der Waals surface area contributed by atoms with Crippen molar-refractivity contribution in [2.75, 3.05) is 0 Å². The highest BCUT2D eigenvalue weighted by Gasteiger charge is 2.38. The number of aryl methyl sites for hydroxylation is 1. The smallest absolute Gasteiger partial charge is 0.223 e. The molecule has 0 bridgehead atoms. The van der Waals surface area contributed by atoms with Gasteiger partial charge in [-0.15, -0.1) is 0 Å². The lowest BCUT2D eigenvalue weighted by molar-refractivity contribution is -0.123. The summed E-state index contributed by atoms with van der Waals surface area (Å²) >= 11 is 0. The van der Waals surface area contributed by atoms with E-state index in [0.29, 0.717) is 0 Å². The van der Waals surface area contributed by atoms with Crippen LogP contribution in [0.3, 0.4) is 0 Å². The Hall–Kier alpha value is -1.25. The zero-order valence-electron chi connectivity index (χ0n) is 11.4. The van der Waals surface area contributed by atoms with Crippen LogP contribution in [-0.4, -0.2) is 5.91 Å². The summed E-state index contributed by atoms with van der Waals surface area (Å²) in [6.45, 7) is 6.46. The largest absolute Gasteiger partial charge is 0.466 e. The van der Waals surface area contributed by atoms with Crippen molar-refractivity contribution < 1.29 is 9.21 Å². The molecule has 1 heterocycles. The number of nitrogens with one attached hydrogen (secondary N) is 1. The Labute approximate surface area is 108 Å². The first kappa shape index (κ1) is 11.8. The fraction of sp³-hybridized carbons (Fsp3) is 0.667. The summed E-state index contributed by atoms with van der Waals surface area (Å²) in [5, 5.41) is 3.21. The van der Waals surface area contributed by atoms with E-state index in [2.05, 4.69) is 25.2 Å². The second-order valence-corrected chi connectivity index (χ2v) is 6.62. The van der Waals surface area contributed by atoms with Crippen LogP contribution in [0.15, 0.2) is 10.5 Å². The highest BCUT2D eigenvalue weighted by atomic mass is 16.3. The second kappa shape index (κ2) is 3.87. The minimum absolute atomic E-state index is 0.134. The van der Waals surface area contributed by atoms with Crippen LogP contribution in [0.25, 0.3) is 0 Å². The maximum atomic E-state index is 12.0. The van der Waals surface area contributed by atoms with Crippen molar-refractivity contribution in [1.82, 2.24) is 5.32 Å². The van der Waals surface area contributed by atoms with E-state index >= 15 is 0 Å². The third kappa shape index (κ3) is 2.18. The zero-order valence-corrected chi connectivity index (χ0v) is 11.4. The molecule has 0 radical (unpaired) electrons. The Morgan fingerprint density at radius 2 is 2.17 bits per heavy atom. The Bertz CT molecular complexity index is 483. The molecule has 3 nitrogen and oxygen atoms in total. The van der Waals surface area contributed by atoms with E-state index in [1.807, 2.05) is 6.92 Å². The van der Waals surface area contributed by atoms with E-state index in [4.69, 9.17) is 4.42 Å². The Morgan fingerprint density at radius 3 is 2.83 bits per heavy atom. The van der Waals surface area contributed by atoms with E-state index in [9.17, 15) is 4.79 Å². The summed E-state index contributed by atoms with van der Waals surface area (Å²) < 4.78 is 5.78. The Kier molecular flexibility index (Phi) is 2.54. The van der Waals surface area contributed by atoms with E-state index in [0.717, 1.165) is 37.2 Å². The van der Waals surface area contributed by atoms with Gasteiger partial charge in [-0.2, -0.15) is 0 Å². The molecule has 98 valence electrons. The molecule has 1 fully saturated rings. The third-order valence-corrected chi connectivity index (χ3v) is 4.00. The average molecular weight is 247 g/mol. The standard InChI is InChI=1S/C15H21NO2/c1-9-6-11-12(16-14(17)10-4-5-10)7-15(2,3)8-13(11)18-9/h6,10,12H,4-5,7-8H2,1-3H3,(H,16,17). The molecule has 1 amide bonds. The molecule has 1 aromatic heterocycles. The van der Waals surface area contributed by atoms with Crippen molar-refractivity contribution in [2.45, 2.75) is 52.5 Å². The minimum Gasteiger partial charge on any atom is -0.466 e. The van der Waals surface area contributed by atoms with E-state index < -0.39 is 0 Å². The highest BCUT2D eigenvalue weighted by molar-refractivity contribution is 5.81. The van der Waals surface area contributed by atoms with E-state index in [1.54, 1.807) is 0 Å². The molecule has 2 aliphatic carbocycles. The summed E-state index contributed by atoms with van der Waals surface area (Å²) in [5.41, 5.74) is 1.39. The predicted molar refractivity (Wildman–Crippen MR) is 69.2 cm³/mol. The van der Waals surface area contributed by atoms with Crippen LogP contribution < -0.4 is 5.32 Å². The van der Waals surface area contributed by atoms with Crippen molar-refractivity contribution in [1.29, 1.82) is 0 Å². The number of carbonyl (C=O) groups excluding carboxylic acids is 1. The number of carbonyl (C=O) groups is 1. The first-order valence-corrected chi connectivity index (χ1v) is 6.84. The maximum Gasteiger partial charge on any atom is 0.223 e. The SMILES string of the molecule is Cc1cc2c(o1)CC(C)(C)CC2NC(=O)C1CC1. The van der Waals surface area contributed by atoms with Gasteiger partial charge in [0.1, 0.15) is 11.5 Å². The van der Waals surface area contributed by atoms with E-state index in [1.165, 1.54) is 5.56 Å². The number of hydrogen-bond acceptors (Lipinski definition) is 2. The van der Waals surface area contributed by atoms with Crippen LogP contribution >= 0.6 is 0 Å². The Balaban J connectivity index is 1.85. The second-order valence-electron chi connectivity index (χ2n) is 6.62. The molecule has 2 aliphatic rings. The van der Waals surface area contributed by atoms with Crippen molar-refractivity contribution in [3.63, 3.8) is 0 Å². The van der Waals surface area contributed by atoms with Gasteiger partial charge in [0.25, 0.3) is 0 Å². The fourth-order valence-electron chi connectivity index (χ4n) is 2.95.